The Morgan fingerprint density at radius 1 is 1.02 bits per heavy atom. The summed E-state index contributed by atoms with van der Waals surface area (Å²) in [4.78, 5) is 14.2. The van der Waals surface area contributed by atoms with Crippen molar-refractivity contribution in [3.63, 3.8) is 0 Å². The van der Waals surface area contributed by atoms with Crippen molar-refractivity contribution < 1.29 is 18.5 Å². The SMILES string of the molecule is Cc1c(C(=O)NC2CCOCC2)cc(-c2ccc(S(=O)NC(C)(C)C)c(OCC(C)(C)C)c2)n1CC1CCCCC1. The highest BCUT2D eigenvalue weighted by Gasteiger charge is 2.26. The Kier molecular flexibility index (Phi) is 10.4. The third-order valence-electron chi connectivity index (χ3n) is 7.83. The molecule has 1 aromatic heterocycles. The summed E-state index contributed by atoms with van der Waals surface area (Å²) in [6.45, 7) is 17.2. The van der Waals surface area contributed by atoms with Crippen LogP contribution in [0.2, 0.25) is 0 Å². The highest BCUT2D eigenvalue weighted by atomic mass is 32.2. The Labute approximate surface area is 249 Å². The van der Waals surface area contributed by atoms with Gasteiger partial charge < -0.3 is 19.4 Å². The fraction of sp³-hybridized carbons (Fsp3) is 0.667. The first-order valence-electron chi connectivity index (χ1n) is 15.4. The molecule has 1 aromatic carbocycles. The fourth-order valence-corrected chi connectivity index (χ4v) is 6.80. The van der Waals surface area contributed by atoms with Gasteiger partial charge in [0, 0.05) is 48.3 Å². The van der Waals surface area contributed by atoms with Gasteiger partial charge in [-0.15, -0.1) is 0 Å². The molecule has 2 fully saturated rings. The largest absolute Gasteiger partial charge is 0.492 e. The molecule has 0 spiro atoms. The number of nitrogens with zero attached hydrogens (tertiary/aromatic N) is 1. The van der Waals surface area contributed by atoms with Crippen molar-refractivity contribution >= 4 is 16.9 Å². The second-order valence-electron chi connectivity index (χ2n) is 14.1. The highest BCUT2D eigenvalue weighted by Crippen LogP contribution is 2.35. The number of carbonyl (C=O) groups is 1. The normalized spacial score (nSPS) is 18.3. The molecule has 1 atom stereocenters. The number of ether oxygens (including phenoxy) is 2. The van der Waals surface area contributed by atoms with Crippen molar-refractivity contribution in [3.8, 4) is 17.0 Å². The van der Waals surface area contributed by atoms with E-state index in [9.17, 15) is 9.00 Å². The second-order valence-corrected chi connectivity index (χ2v) is 15.3. The molecule has 2 N–H and O–H groups in total. The Morgan fingerprint density at radius 2 is 1.71 bits per heavy atom. The molecule has 2 heterocycles. The van der Waals surface area contributed by atoms with Crippen LogP contribution in [0.15, 0.2) is 29.2 Å². The van der Waals surface area contributed by atoms with E-state index < -0.39 is 11.0 Å². The summed E-state index contributed by atoms with van der Waals surface area (Å²) in [7, 11) is -1.44. The van der Waals surface area contributed by atoms with E-state index in [0.29, 0.717) is 36.4 Å². The van der Waals surface area contributed by atoms with Crippen LogP contribution < -0.4 is 14.8 Å². The van der Waals surface area contributed by atoms with Crippen LogP contribution in [-0.2, 0) is 22.3 Å². The van der Waals surface area contributed by atoms with Crippen LogP contribution in [0.4, 0.5) is 0 Å². The molecule has 8 heteroatoms. The molecular weight excluding hydrogens is 534 g/mol. The number of benzene rings is 1. The summed E-state index contributed by atoms with van der Waals surface area (Å²) in [6.07, 6.45) is 7.97. The number of carbonyl (C=O) groups excluding carboxylic acids is 1. The van der Waals surface area contributed by atoms with Gasteiger partial charge in [0.25, 0.3) is 5.91 Å². The van der Waals surface area contributed by atoms with Crippen molar-refractivity contribution in [2.75, 3.05) is 19.8 Å². The summed E-state index contributed by atoms with van der Waals surface area (Å²) in [5.74, 6) is 1.19. The summed E-state index contributed by atoms with van der Waals surface area (Å²) in [5, 5.41) is 3.26. The molecule has 1 aliphatic heterocycles. The smallest absolute Gasteiger partial charge is 0.253 e. The lowest BCUT2D eigenvalue weighted by Crippen LogP contribution is -2.39. The summed E-state index contributed by atoms with van der Waals surface area (Å²) in [5.41, 5.74) is 3.32. The van der Waals surface area contributed by atoms with Crippen LogP contribution in [0.1, 0.15) is 103 Å². The van der Waals surface area contributed by atoms with Crippen LogP contribution >= 0.6 is 0 Å². The van der Waals surface area contributed by atoms with Crippen molar-refractivity contribution in [2.45, 2.75) is 116 Å². The number of hydrogen-bond acceptors (Lipinski definition) is 4. The molecular formula is C33H51N3O4S. The van der Waals surface area contributed by atoms with Crippen LogP contribution in [0.5, 0.6) is 5.75 Å². The number of hydrogen-bond donors (Lipinski definition) is 2. The van der Waals surface area contributed by atoms with E-state index in [1.165, 1.54) is 32.1 Å². The quantitative estimate of drug-likeness (QED) is 0.340. The predicted octanol–water partition coefficient (Wildman–Crippen LogP) is 6.79. The van der Waals surface area contributed by atoms with E-state index in [-0.39, 0.29) is 22.9 Å². The Morgan fingerprint density at radius 3 is 2.34 bits per heavy atom. The molecule has 1 aliphatic carbocycles. The van der Waals surface area contributed by atoms with Crippen molar-refractivity contribution in [1.82, 2.24) is 14.6 Å². The van der Waals surface area contributed by atoms with Gasteiger partial charge >= 0.3 is 0 Å². The van der Waals surface area contributed by atoms with Gasteiger partial charge in [0.2, 0.25) is 0 Å². The van der Waals surface area contributed by atoms with E-state index in [2.05, 4.69) is 42.3 Å². The Bertz CT molecular complexity index is 1210. The van der Waals surface area contributed by atoms with Gasteiger partial charge in [0.15, 0.2) is 0 Å². The maximum atomic E-state index is 13.5. The molecule has 4 rings (SSSR count). The molecule has 1 saturated heterocycles. The van der Waals surface area contributed by atoms with E-state index >= 15 is 0 Å². The summed E-state index contributed by atoms with van der Waals surface area (Å²) < 4.78 is 30.7. The molecule has 0 bridgehead atoms. The van der Waals surface area contributed by atoms with E-state index in [4.69, 9.17) is 9.47 Å². The molecule has 1 amide bonds. The van der Waals surface area contributed by atoms with Gasteiger partial charge in [-0.25, -0.2) is 8.93 Å². The van der Waals surface area contributed by atoms with Gasteiger partial charge in [-0.1, -0.05) is 46.1 Å². The standard InChI is InChI=1S/C33H51N3O4S/c1-23-27(31(37)34-26-15-17-39-18-16-26)20-28(36(23)21-24-11-9-8-10-12-24)25-13-14-30(41(38)35-33(5,6)7)29(19-25)40-22-32(2,3)4/h13-14,19-20,24,26,35H,8-12,15-18,21-22H2,1-7H3,(H,34,37). The molecule has 228 valence electrons. The molecule has 1 unspecified atom stereocenters. The highest BCUT2D eigenvalue weighted by molar-refractivity contribution is 7.83. The minimum absolute atomic E-state index is 0.0191. The maximum Gasteiger partial charge on any atom is 0.253 e. The van der Waals surface area contributed by atoms with E-state index in [1.807, 2.05) is 45.0 Å². The predicted molar refractivity (Wildman–Crippen MR) is 167 cm³/mol. The number of amides is 1. The lowest BCUT2D eigenvalue weighted by Gasteiger charge is -2.25. The zero-order valence-corrected chi connectivity index (χ0v) is 27.0. The molecule has 41 heavy (non-hydrogen) atoms. The Balaban J connectivity index is 1.73. The lowest BCUT2D eigenvalue weighted by molar-refractivity contribution is 0.0696. The minimum atomic E-state index is -1.44. The first-order chi connectivity index (χ1) is 19.3. The van der Waals surface area contributed by atoms with Crippen molar-refractivity contribution in [1.29, 1.82) is 0 Å². The van der Waals surface area contributed by atoms with Crippen LogP contribution in [0.25, 0.3) is 11.3 Å². The van der Waals surface area contributed by atoms with Crippen LogP contribution in [-0.4, -0.2) is 46.1 Å². The van der Waals surface area contributed by atoms with Crippen molar-refractivity contribution in [2.24, 2.45) is 11.3 Å². The zero-order chi connectivity index (χ0) is 29.8. The average molecular weight is 586 g/mol. The number of rotatable bonds is 9. The monoisotopic (exact) mass is 585 g/mol. The van der Waals surface area contributed by atoms with Gasteiger partial charge in [0.1, 0.15) is 16.7 Å². The number of nitrogens with one attached hydrogen (secondary N) is 2. The third kappa shape index (κ3) is 8.91. The first-order valence-corrected chi connectivity index (χ1v) is 16.5. The van der Waals surface area contributed by atoms with E-state index in [0.717, 1.165) is 41.9 Å². The fourth-order valence-electron chi connectivity index (χ4n) is 5.64. The van der Waals surface area contributed by atoms with Crippen molar-refractivity contribution in [3.05, 3.63) is 35.5 Å². The molecule has 2 aliphatic rings. The molecule has 0 radical (unpaired) electrons. The molecule has 7 nitrogen and oxygen atoms in total. The van der Waals surface area contributed by atoms with Crippen LogP contribution in [0, 0.1) is 18.3 Å². The third-order valence-corrected chi connectivity index (χ3v) is 9.37. The maximum absolute atomic E-state index is 13.5. The summed E-state index contributed by atoms with van der Waals surface area (Å²) >= 11 is 0. The van der Waals surface area contributed by atoms with Gasteiger partial charge in [-0.3, -0.25) is 4.79 Å². The zero-order valence-electron chi connectivity index (χ0n) is 26.2. The lowest BCUT2D eigenvalue weighted by atomic mass is 9.89. The van der Waals surface area contributed by atoms with Gasteiger partial charge in [-0.05, 0) is 82.9 Å². The molecule has 1 saturated carbocycles. The number of aromatic nitrogens is 1. The minimum Gasteiger partial charge on any atom is -0.492 e. The Hall–Kier alpha value is -2.16. The van der Waals surface area contributed by atoms with Gasteiger partial charge in [0.05, 0.1) is 17.1 Å². The second kappa shape index (κ2) is 13.4. The summed E-state index contributed by atoms with van der Waals surface area (Å²) in [6, 6.07) is 8.13. The van der Waals surface area contributed by atoms with Crippen LogP contribution in [0.3, 0.4) is 0 Å². The van der Waals surface area contributed by atoms with Gasteiger partial charge in [-0.2, -0.15) is 0 Å². The van der Waals surface area contributed by atoms with E-state index in [1.54, 1.807) is 0 Å². The first kappa shape index (κ1) is 31.8. The topological polar surface area (TPSA) is 81.6 Å². The molecule has 2 aromatic rings. The average Bonchev–Trinajstić information content (AvgIpc) is 3.23.